The van der Waals surface area contributed by atoms with Crippen LogP contribution in [0.2, 0.25) is 0 Å². The van der Waals surface area contributed by atoms with Gasteiger partial charge in [0.25, 0.3) is 0 Å². The summed E-state index contributed by atoms with van der Waals surface area (Å²) in [6.45, 7) is 0. The minimum absolute atomic E-state index is 0.0811. The minimum atomic E-state index is -0.578. The molecular weight excluding hydrogens is 287 g/mol. The van der Waals surface area contributed by atoms with Gasteiger partial charge in [0.15, 0.2) is 5.75 Å². The molecule has 0 radical (unpaired) electrons. The van der Waals surface area contributed by atoms with Crippen molar-refractivity contribution >= 4 is 17.3 Å². The number of ether oxygens (including phenoxy) is 1. The van der Waals surface area contributed by atoms with Gasteiger partial charge in [0.1, 0.15) is 5.82 Å². The van der Waals surface area contributed by atoms with E-state index in [-0.39, 0.29) is 22.6 Å². The second-order valence-electron chi connectivity index (χ2n) is 4.34. The van der Waals surface area contributed by atoms with E-state index < -0.39 is 10.7 Å². The van der Waals surface area contributed by atoms with Crippen molar-refractivity contribution in [1.82, 2.24) is 0 Å². The van der Waals surface area contributed by atoms with Gasteiger partial charge < -0.3 is 4.74 Å². The first kappa shape index (κ1) is 15.2. The van der Waals surface area contributed by atoms with E-state index in [4.69, 9.17) is 4.74 Å². The maximum absolute atomic E-state index is 13.7. The highest BCUT2D eigenvalue weighted by atomic mass is 19.1. The van der Waals surface area contributed by atoms with Gasteiger partial charge in [0, 0.05) is 11.6 Å². The quantitative estimate of drug-likeness (QED) is 0.372. The van der Waals surface area contributed by atoms with E-state index >= 15 is 0 Å². The summed E-state index contributed by atoms with van der Waals surface area (Å²) in [5.74, 6) is -0.412. The van der Waals surface area contributed by atoms with E-state index in [2.05, 4.69) is 0 Å². The third-order valence-electron chi connectivity index (χ3n) is 3.00. The number of nitrogens with zero attached hydrogens (tertiary/aromatic N) is 2. The summed E-state index contributed by atoms with van der Waals surface area (Å²) < 4.78 is 18.6. The number of nitro groups is 1. The Labute approximate surface area is 126 Å². The average molecular weight is 298 g/mol. The largest absolute Gasteiger partial charge is 0.490 e. The van der Waals surface area contributed by atoms with Crippen LogP contribution >= 0.6 is 0 Å². The van der Waals surface area contributed by atoms with Crippen LogP contribution in [0.3, 0.4) is 0 Å². The number of hydrogen-bond acceptors (Lipinski definition) is 4. The molecule has 0 bridgehead atoms. The average Bonchev–Trinajstić information content (AvgIpc) is 2.53. The van der Waals surface area contributed by atoms with Crippen molar-refractivity contribution in [2.75, 3.05) is 7.11 Å². The molecule has 0 aliphatic rings. The van der Waals surface area contributed by atoms with Crippen LogP contribution in [0.1, 0.15) is 11.1 Å². The smallest absolute Gasteiger partial charge is 0.311 e. The monoisotopic (exact) mass is 298 g/mol. The van der Waals surface area contributed by atoms with E-state index in [1.54, 1.807) is 12.1 Å². The molecular formula is C16H11FN2O3. The molecule has 2 rings (SSSR count). The lowest BCUT2D eigenvalue weighted by Crippen LogP contribution is -1.94. The molecule has 0 heterocycles. The third kappa shape index (κ3) is 3.10. The fraction of sp³-hybridized carbons (Fsp3) is 0.0625. The SMILES string of the molecule is COc1ccc(C=C(C#N)c2ccccc2F)cc1[N+](=O)[O-]. The fourth-order valence-corrected chi connectivity index (χ4v) is 1.96. The first-order valence-electron chi connectivity index (χ1n) is 6.26. The Bertz CT molecular complexity index is 794. The number of allylic oxidation sites excluding steroid dienone is 1. The minimum Gasteiger partial charge on any atom is -0.490 e. The maximum atomic E-state index is 13.7. The second-order valence-corrected chi connectivity index (χ2v) is 4.34. The number of benzene rings is 2. The molecule has 2 aromatic carbocycles. The van der Waals surface area contributed by atoms with Gasteiger partial charge in [-0.3, -0.25) is 10.1 Å². The molecule has 110 valence electrons. The Hall–Kier alpha value is -3.20. The normalized spacial score (nSPS) is 10.9. The van der Waals surface area contributed by atoms with Crippen molar-refractivity contribution < 1.29 is 14.1 Å². The van der Waals surface area contributed by atoms with Gasteiger partial charge in [-0.15, -0.1) is 0 Å². The number of nitriles is 1. The lowest BCUT2D eigenvalue weighted by molar-refractivity contribution is -0.385. The maximum Gasteiger partial charge on any atom is 0.311 e. The van der Waals surface area contributed by atoms with E-state index in [1.807, 2.05) is 6.07 Å². The zero-order chi connectivity index (χ0) is 16.1. The van der Waals surface area contributed by atoms with Gasteiger partial charge in [0.05, 0.1) is 23.7 Å². The number of rotatable bonds is 4. The molecule has 0 saturated carbocycles. The molecule has 0 aliphatic heterocycles. The topological polar surface area (TPSA) is 76.2 Å². The Kier molecular flexibility index (Phi) is 4.49. The molecule has 0 unspecified atom stereocenters. The predicted octanol–water partition coefficient (Wildman–Crippen LogP) is 3.81. The second kappa shape index (κ2) is 6.50. The number of methoxy groups -OCH3 is 1. The van der Waals surface area contributed by atoms with Gasteiger partial charge in [-0.25, -0.2) is 4.39 Å². The summed E-state index contributed by atoms with van der Waals surface area (Å²) in [5, 5.41) is 20.2. The Balaban J connectivity index is 2.52. The highest BCUT2D eigenvalue weighted by Gasteiger charge is 2.15. The first-order chi connectivity index (χ1) is 10.6. The molecule has 2 aromatic rings. The van der Waals surface area contributed by atoms with Crippen molar-refractivity contribution in [3.63, 3.8) is 0 Å². The van der Waals surface area contributed by atoms with Crippen LogP contribution in [-0.4, -0.2) is 12.0 Å². The summed E-state index contributed by atoms with van der Waals surface area (Å²) in [5.41, 5.74) is 0.412. The zero-order valence-electron chi connectivity index (χ0n) is 11.6. The third-order valence-corrected chi connectivity index (χ3v) is 3.00. The van der Waals surface area contributed by atoms with Crippen molar-refractivity contribution in [2.24, 2.45) is 0 Å². The lowest BCUT2D eigenvalue weighted by Gasteiger charge is -2.04. The van der Waals surface area contributed by atoms with E-state index in [0.29, 0.717) is 5.56 Å². The van der Waals surface area contributed by atoms with Crippen LogP contribution in [0, 0.1) is 27.3 Å². The van der Waals surface area contributed by atoms with Crippen LogP contribution in [0.5, 0.6) is 5.75 Å². The first-order valence-corrected chi connectivity index (χ1v) is 6.26. The van der Waals surface area contributed by atoms with Crippen LogP contribution < -0.4 is 4.74 Å². The summed E-state index contributed by atoms with van der Waals surface area (Å²) in [4.78, 5) is 10.4. The van der Waals surface area contributed by atoms with Crippen LogP contribution in [-0.2, 0) is 0 Å². The summed E-state index contributed by atoms with van der Waals surface area (Å²) in [7, 11) is 1.33. The van der Waals surface area contributed by atoms with Crippen molar-refractivity contribution in [1.29, 1.82) is 5.26 Å². The van der Waals surface area contributed by atoms with E-state index in [0.717, 1.165) is 0 Å². The molecule has 0 amide bonds. The van der Waals surface area contributed by atoms with Crippen LogP contribution in [0.25, 0.3) is 11.6 Å². The van der Waals surface area contributed by atoms with Gasteiger partial charge >= 0.3 is 5.69 Å². The summed E-state index contributed by atoms with van der Waals surface area (Å²) >= 11 is 0. The summed E-state index contributed by atoms with van der Waals surface area (Å²) in [6.07, 6.45) is 1.39. The highest BCUT2D eigenvalue weighted by molar-refractivity contribution is 5.90. The summed E-state index contributed by atoms with van der Waals surface area (Å²) in [6, 6.07) is 12.0. The van der Waals surface area contributed by atoms with Crippen molar-refractivity contribution in [3.8, 4) is 11.8 Å². The molecule has 22 heavy (non-hydrogen) atoms. The number of hydrogen-bond donors (Lipinski definition) is 0. The lowest BCUT2D eigenvalue weighted by atomic mass is 10.0. The van der Waals surface area contributed by atoms with Crippen molar-refractivity contribution in [3.05, 3.63) is 69.5 Å². The molecule has 0 saturated heterocycles. The van der Waals surface area contributed by atoms with Gasteiger partial charge in [-0.2, -0.15) is 5.26 Å². The number of halogens is 1. The zero-order valence-corrected chi connectivity index (χ0v) is 11.6. The molecule has 0 fully saturated rings. The molecule has 5 nitrogen and oxygen atoms in total. The molecule has 0 N–H and O–H groups in total. The van der Waals surface area contributed by atoms with E-state index in [1.165, 1.54) is 43.5 Å². The van der Waals surface area contributed by atoms with Gasteiger partial charge in [0.2, 0.25) is 0 Å². The fourth-order valence-electron chi connectivity index (χ4n) is 1.96. The van der Waals surface area contributed by atoms with Gasteiger partial charge in [-0.1, -0.05) is 24.3 Å². The highest BCUT2D eigenvalue weighted by Crippen LogP contribution is 2.29. The van der Waals surface area contributed by atoms with Crippen LogP contribution in [0.4, 0.5) is 10.1 Å². The molecule has 0 atom stereocenters. The molecule has 0 aromatic heterocycles. The Morgan fingerprint density at radius 3 is 2.68 bits per heavy atom. The van der Waals surface area contributed by atoms with Crippen molar-refractivity contribution in [2.45, 2.75) is 0 Å². The van der Waals surface area contributed by atoms with Crippen LogP contribution in [0.15, 0.2) is 42.5 Å². The number of nitro benzene ring substituents is 1. The molecule has 6 heteroatoms. The molecule has 0 aliphatic carbocycles. The van der Waals surface area contributed by atoms with Gasteiger partial charge in [-0.05, 0) is 23.8 Å². The standard InChI is InChI=1S/C16H11FN2O3/c1-22-16-7-6-11(9-15(16)19(20)21)8-12(10-18)13-4-2-3-5-14(13)17/h2-9H,1H3. The Morgan fingerprint density at radius 1 is 1.36 bits per heavy atom. The van der Waals surface area contributed by atoms with E-state index in [9.17, 15) is 19.8 Å². The molecule has 0 spiro atoms. The Morgan fingerprint density at radius 2 is 2.09 bits per heavy atom. The predicted molar refractivity (Wildman–Crippen MR) is 79.5 cm³/mol.